The predicted molar refractivity (Wildman–Crippen MR) is 48.6 cm³/mol. The largest absolute Gasteiger partial charge is 0.586 e. The van der Waals surface area contributed by atoms with Crippen LogP contribution in [-0.4, -0.2) is 12.8 Å². The Hall–Kier alpha value is -1.40. The Bertz CT molecular complexity index is 384. The van der Waals surface area contributed by atoms with E-state index in [-0.39, 0.29) is 18.0 Å². The smallest absolute Gasteiger partial charge is 0.395 e. The topological polar surface area (TPSA) is 70.5 Å². The van der Waals surface area contributed by atoms with E-state index in [0.29, 0.717) is 5.56 Å². The number of para-hydroxylation sites is 1. The summed E-state index contributed by atoms with van der Waals surface area (Å²) in [5.74, 6) is -0.0400. The molecule has 1 aliphatic heterocycles. The lowest BCUT2D eigenvalue weighted by atomic mass is 10.1. The van der Waals surface area contributed by atoms with Crippen molar-refractivity contribution in [2.75, 3.05) is 6.54 Å². The third-order valence-corrected chi connectivity index (χ3v) is 2.11. The summed E-state index contributed by atoms with van der Waals surface area (Å²) in [6, 6.07) is 4.00. The molecule has 4 nitrogen and oxygen atoms in total. The van der Waals surface area contributed by atoms with E-state index in [2.05, 4.69) is 9.47 Å². The normalized spacial score (nSPS) is 18.9. The van der Waals surface area contributed by atoms with Crippen LogP contribution in [0.5, 0.6) is 11.5 Å². The molecular weight excluding hydrogens is 206 g/mol. The second kappa shape index (κ2) is 3.32. The van der Waals surface area contributed by atoms with Crippen LogP contribution in [-0.2, 0) is 0 Å². The third-order valence-electron chi connectivity index (χ3n) is 2.11. The summed E-state index contributed by atoms with van der Waals surface area (Å²) in [6.45, 7) is 0.144. The molecule has 0 spiro atoms. The molecule has 0 fully saturated rings. The zero-order valence-corrected chi connectivity index (χ0v) is 7.74. The molecule has 0 amide bonds. The number of fused-ring (bicyclic) bond motifs is 1. The highest BCUT2D eigenvalue weighted by molar-refractivity contribution is 5.50. The molecule has 0 saturated carbocycles. The molecule has 0 aromatic heterocycles. The van der Waals surface area contributed by atoms with Crippen LogP contribution in [0.4, 0.5) is 8.78 Å². The summed E-state index contributed by atoms with van der Waals surface area (Å²) < 4.78 is 34.2. The zero-order valence-electron chi connectivity index (χ0n) is 7.74. The highest BCUT2D eigenvalue weighted by atomic mass is 19.3. The van der Waals surface area contributed by atoms with Gasteiger partial charge < -0.3 is 20.9 Å². The minimum Gasteiger partial charge on any atom is -0.395 e. The molecular formula is C9H10F2N2O2. The van der Waals surface area contributed by atoms with E-state index in [0.717, 1.165) is 0 Å². The molecule has 0 aliphatic carbocycles. The average molecular weight is 216 g/mol. The van der Waals surface area contributed by atoms with Crippen molar-refractivity contribution < 1.29 is 18.3 Å². The molecule has 4 N–H and O–H groups in total. The number of hydrogen-bond acceptors (Lipinski definition) is 4. The maximum atomic E-state index is 12.8. The van der Waals surface area contributed by atoms with Gasteiger partial charge in [0.25, 0.3) is 0 Å². The van der Waals surface area contributed by atoms with E-state index in [9.17, 15) is 8.78 Å². The van der Waals surface area contributed by atoms with E-state index in [1.54, 1.807) is 12.1 Å². The van der Waals surface area contributed by atoms with Gasteiger partial charge in [-0.05, 0) is 6.07 Å². The molecule has 1 aromatic carbocycles. The molecule has 1 aromatic rings. The predicted octanol–water partition coefficient (Wildman–Crippen LogP) is 0.967. The second-order valence-corrected chi connectivity index (χ2v) is 3.18. The molecule has 0 bridgehead atoms. The summed E-state index contributed by atoms with van der Waals surface area (Å²) in [7, 11) is 0. The minimum atomic E-state index is -3.62. The first-order chi connectivity index (χ1) is 7.03. The molecule has 0 unspecified atom stereocenters. The van der Waals surface area contributed by atoms with E-state index in [4.69, 9.17) is 11.5 Å². The Morgan fingerprint density at radius 3 is 2.73 bits per heavy atom. The molecule has 82 valence electrons. The number of alkyl halides is 2. The average Bonchev–Trinajstić information content (AvgIpc) is 2.49. The van der Waals surface area contributed by atoms with Gasteiger partial charge >= 0.3 is 6.29 Å². The monoisotopic (exact) mass is 216 g/mol. The van der Waals surface area contributed by atoms with Gasteiger partial charge in [0.2, 0.25) is 0 Å². The first-order valence-electron chi connectivity index (χ1n) is 4.38. The van der Waals surface area contributed by atoms with E-state index < -0.39 is 12.3 Å². The van der Waals surface area contributed by atoms with Crippen LogP contribution in [0.3, 0.4) is 0 Å². The SMILES string of the molecule is NC[C@@H](N)c1cccc2c1OC(F)(F)O2. The number of halogens is 2. The number of rotatable bonds is 2. The molecule has 15 heavy (non-hydrogen) atoms. The Morgan fingerprint density at radius 1 is 1.33 bits per heavy atom. The van der Waals surface area contributed by atoms with Crippen molar-refractivity contribution in [1.82, 2.24) is 0 Å². The highest BCUT2D eigenvalue weighted by Gasteiger charge is 2.44. The van der Waals surface area contributed by atoms with Gasteiger partial charge in [0, 0.05) is 18.2 Å². The lowest BCUT2D eigenvalue weighted by molar-refractivity contribution is -0.287. The van der Waals surface area contributed by atoms with Crippen LogP contribution in [0.15, 0.2) is 18.2 Å². The van der Waals surface area contributed by atoms with Crippen LogP contribution in [0, 0.1) is 0 Å². The number of ether oxygens (including phenoxy) is 2. The van der Waals surface area contributed by atoms with Gasteiger partial charge in [0.05, 0.1) is 0 Å². The Labute approximate surface area is 84.8 Å². The van der Waals surface area contributed by atoms with Gasteiger partial charge in [-0.1, -0.05) is 12.1 Å². The first kappa shape index (κ1) is 10.1. The van der Waals surface area contributed by atoms with Crippen molar-refractivity contribution in [3.8, 4) is 11.5 Å². The van der Waals surface area contributed by atoms with Crippen molar-refractivity contribution in [1.29, 1.82) is 0 Å². The van der Waals surface area contributed by atoms with Crippen molar-refractivity contribution in [3.05, 3.63) is 23.8 Å². The third kappa shape index (κ3) is 1.73. The summed E-state index contributed by atoms with van der Waals surface area (Å²) >= 11 is 0. The summed E-state index contributed by atoms with van der Waals surface area (Å²) in [5, 5.41) is 0. The standard InChI is InChI=1S/C9H10F2N2O2/c10-9(11)14-7-3-1-2-5(6(13)4-12)8(7)15-9/h1-3,6H,4,12-13H2/t6-/m1/s1. The molecule has 6 heteroatoms. The fourth-order valence-electron chi connectivity index (χ4n) is 1.41. The van der Waals surface area contributed by atoms with Crippen LogP contribution >= 0.6 is 0 Å². The van der Waals surface area contributed by atoms with E-state index >= 15 is 0 Å². The summed E-state index contributed by atoms with van der Waals surface area (Å²) in [6.07, 6.45) is -3.62. The first-order valence-corrected chi connectivity index (χ1v) is 4.38. The maximum absolute atomic E-state index is 12.8. The molecule has 2 rings (SSSR count). The van der Waals surface area contributed by atoms with Gasteiger partial charge in [0.1, 0.15) is 0 Å². The zero-order chi connectivity index (χ0) is 11.1. The fourth-order valence-corrected chi connectivity index (χ4v) is 1.41. The quantitative estimate of drug-likeness (QED) is 0.772. The van der Waals surface area contributed by atoms with Crippen molar-refractivity contribution in [3.63, 3.8) is 0 Å². The highest BCUT2D eigenvalue weighted by Crippen LogP contribution is 2.44. The molecule has 1 heterocycles. The molecule has 1 atom stereocenters. The molecule has 0 saturated heterocycles. The number of hydrogen-bond donors (Lipinski definition) is 2. The van der Waals surface area contributed by atoms with E-state index in [1.807, 2.05) is 0 Å². The molecule has 0 radical (unpaired) electrons. The van der Waals surface area contributed by atoms with E-state index in [1.165, 1.54) is 6.07 Å². The summed E-state index contributed by atoms with van der Waals surface area (Å²) in [5.41, 5.74) is 11.4. The fraction of sp³-hybridized carbons (Fsp3) is 0.333. The van der Waals surface area contributed by atoms with Crippen LogP contribution in [0.1, 0.15) is 11.6 Å². The maximum Gasteiger partial charge on any atom is 0.586 e. The molecule has 1 aliphatic rings. The number of nitrogens with two attached hydrogens (primary N) is 2. The van der Waals surface area contributed by atoms with Crippen molar-refractivity contribution >= 4 is 0 Å². The van der Waals surface area contributed by atoms with Gasteiger partial charge in [-0.15, -0.1) is 8.78 Å². The summed E-state index contributed by atoms with van der Waals surface area (Å²) in [4.78, 5) is 0. The lowest BCUT2D eigenvalue weighted by Crippen LogP contribution is -2.27. The van der Waals surface area contributed by atoms with Gasteiger partial charge in [-0.25, -0.2) is 0 Å². The number of benzene rings is 1. The van der Waals surface area contributed by atoms with Crippen LogP contribution in [0.25, 0.3) is 0 Å². The minimum absolute atomic E-state index is 0.0126. The van der Waals surface area contributed by atoms with Gasteiger partial charge in [0.15, 0.2) is 11.5 Å². The second-order valence-electron chi connectivity index (χ2n) is 3.18. The van der Waals surface area contributed by atoms with Crippen LogP contribution < -0.4 is 20.9 Å². The lowest BCUT2D eigenvalue weighted by Gasteiger charge is -2.11. The Morgan fingerprint density at radius 2 is 2.07 bits per heavy atom. The van der Waals surface area contributed by atoms with Crippen molar-refractivity contribution in [2.24, 2.45) is 11.5 Å². The van der Waals surface area contributed by atoms with Crippen molar-refractivity contribution in [2.45, 2.75) is 12.3 Å². The van der Waals surface area contributed by atoms with Gasteiger partial charge in [-0.2, -0.15) is 0 Å². The Balaban J connectivity index is 2.41. The van der Waals surface area contributed by atoms with Gasteiger partial charge in [-0.3, -0.25) is 0 Å². The van der Waals surface area contributed by atoms with Crippen LogP contribution in [0.2, 0.25) is 0 Å². The Kier molecular flexibility index (Phi) is 2.24.